The second-order valence-electron chi connectivity index (χ2n) is 3.83. The van der Waals surface area contributed by atoms with E-state index in [0.717, 1.165) is 5.56 Å². The van der Waals surface area contributed by atoms with Gasteiger partial charge in [-0.1, -0.05) is 30.3 Å². The van der Waals surface area contributed by atoms with Crippen LogP contribution in [0.3, 0.4) is 0 Å². The van der Waals surface area contributed by atoms with Crippen molar-refractivity contribution < 1.29 is 14.6 Å². The Balaban J connectivity index is 2.24. The Hall–Kier alpha value is -1.39. The second-order valence-corrected chi connectivity index (χ2v) is 3.83. The molecular formula is C13H19NO3. The van der Waals surface area contributed by atoms with Crippen LogP contribution in [0.15, 0.2) is 30.3 Å². The fourth-order valence-corrected chi connectivity index (χ4v) is 1.47. The first-order valence-electron chi connectivity index (χ1n) is 5.72. The molecule has 0 heterocycles. The number of aliphatic hydroxyl groups is 1. The van der Waals surface area contributed by atoms with Crippen molar-refractivity contribution in [3.05, 3.63) is 35.9 Å². The van der Waals surface area contributed by atoms with Gasteiger partial charge in [0.05, 0.1) is 6.10 Å². The third-order valence-corrected chi connectivity index (χ3v) is 2.43. The summed E-state index contributed by atoms with van der Waals surface area (Å²) in [5, 5.41) is 12.5. The number of benzene rings is 1. The van der Waals surface area contributed by atoms with Crippen LogP contribution in [-0.2, 0) is 9.53 Å². The molecule has 0 aromatic heterocycles. The average Bonchev–Trinajstić information content (AvgIpc) is 2.37. The first-order chi connectivity index (χ1) is 8.24. The van der Waals surface area contributed by atoms with E-state index in [2.05, 4.69) is 5.32 Å². The molecule has 0 fully saturated rings. The van der Waals surface area contributed by atoms with Gasteiger partial charge in [-0.3, -0.25) is 4.79 Å². The number of hydrogen-bond acceptors (Lipinski definition) is 3. The lowest BCUT2D eigenvalue weighted by molar-refractivity contribution is -0.121. The predicted molar refractivity (Wildman–Crippen MR) is 65.5 cm³/mol. The molecule has 0 aliphatic heterocycles. The highest BCUT2D eigenvalue weighted by molar-refractivity contribution is 5.75. The van der Waals surface area contributed by atoms with Crippen molar-refractivity contribution in [3.63, 3.8) is 0 Å². The van der Waals surface area contributed by atoms with Gasteiger partial charge in [-0.2, -0.15) is 0 Å². The maximum Gasteiger partial charge on any atom is 0.220 e. The number of hydrogen-bond donors (Lipinski definition) is 2. The van der Waals surface area contributed by atoms with Crippen LogP contribution in [-0.4, -0.2) is 31.3 Å². The van der Waals surface area contributed by atoms with E-state index in [1.165, 1.54) is 0 Å². The van der Waals surface area contributed by atoms with E-state index in [0.29, 0.717) is 19.4 Å². The number of nitrogens with one attached hydrogen (secondary N) is 1. The zero-order valence-corrected chi connectivity index (χ0v) is 10.1. The zero-order valence-electron chi connectivity index (χ0n) is 10.1. The number of amides is 1. The number of aliphatic hydroxyl groups excluding tert-OH is 1. The Morgan fingerprint density at radius 2 is 2.12 bits per heavy atom. The summed E-state index contributed by atoms with van der Waals surface area (Å²) < 4.78 is 4.86. The minimum atomic E-state index is -0.650. The molecule has 0 spiro atoms. The Kier molecular flexibility index (Phi) is 6.29. The average molecular weight is 237 g/mol. The smallest absolute Gasteiger partial charge is 0.220 e. The van der Waals surface area contributed by atoms with Crippen LogP contribution in [0.4, 0.5) is 0 Å². The molecule has 0 aliphatic carbocycles. The molecule has 17 heavy (non-hydrogen) atoms. The number of carbonyl (C=O) groups is 1. The molecule has 1 unspecified atom stereocenters. The molecule has 1 rings (SSSR count). The van der Waals surface area contributed by atoms with Gasteiger partial charge in [-0.25, -0.2) is 0 Å². The predicted octanol–water partition coefficient (Wildman–Crippen LogP) is 1.26. The Labute approximate surface area is 102 Å². The topological polar surface area (TPSA) is 58.6 Å². The van der Waals surface area contributed by atoms with Gasteiger partial charge in [0.15, 0.2) is 0 Å². The van der Waals surface area contributed by atoms with Crippen LogP contribution in [0.25, 0.3) is 0 Å². The summed E-state index contributed by atoms with van der Waals surface area (Å²) in [6.45, 7) is 0.824. The Morgan fingerprint density at radius 3 is 2.76 bits per heavy atom. The molecule has 0 radical (unpaired) electrons. The van der Waals surface area contributed by atoms with Gasteiger partial charge < -0.3 is 15.2 Å². The van der Waals surface area contributed by atoms with Crippen molar-refractivity contribution in [3.8, 4) is 0 Å². The summed E-state index contributed by atoms with van der Waals surface area (Å²) >= 11 is 0. The fraction of sp³-hybridized carbons (Fsp3) is 0.462. The van der Waals surface area contributed by atoms with Gasteiger partial charge in [0.25, 0.3) is 0 Å². The van der Waals surface area contributed by atoms with Crippen molar-refractivity contribution in [1.82, 2.24) is 5.32 Å². The summed E-state index contributed by atoms with van der Waals surface area (Å²) in [5.74, 6) is -0.0583. The molecule has 0 aliphatic rings. The van der Waals surface area contributed by atoms with Gasteiger partial charge >= 0.3 is 0 Å². The van der Waals surface area contributed by atoms with Crippen LogP contribution in [0, 0.1) is 0 Å². The molecular weight excluding hydrogens is 218 g/mol. The van der Waals surface area contributed by atoms with E-state index in [9.17, 15) is 9.90 Å². The first kappa shape index (κ1) is 13.7. The van der Waals surface area contributed by atoms with E-state index < -0.39 is 6.10 Å². The second kappa shape index (κ2) is 7.81. The van der Waals surface area contributed by atoms with Gasteiger partial charge in [0, 0.05) is 26.7 Å². The van der Waals surface area contributed by atoms with Gasteiger partial charge in [0.2, 0.25) is 5.91 Å². The van der Waals surface area contributed by atoms with E-state index in [4.69, 9.17) is 4.74 Å². The van der Waals surface area contributed by atoms with E-state index >= 15 is 0 Å². The largest absolute Gasteiger partial charge is 0.387 e. The lowest BCUT2D eigenvalue weighted by atomic mass is 10.1. The van der Waals surface area contributed by atoms with Gasteiger partial charge in [-0.15, -0.1) is 0 Å². The molecule has 2 N–H and O–H groups in total. The van der Waals surface area contributed by atoms with Crippen molar-refractivity contribution in [2.45, 2.75) is 18.9 Å². The SMILES string of the molecule is COCCCC(=O)NCC(O)c1ccccc1. The van der Waals surface area contributed by atoms with E-state index in [-0.39, 0.29) is 12.5 Å². The molecule has 1 aromatic carbocycles. The van der Waals surface area contributed by atoms with E-state index in [1.54, 1.807) is 7.11 Å². The molecule has 4 heteroatoms. The third kappa shape index (κ3) is 5.47. The summed E-state index contributed by atoms with van der Waals surface area (Å²) in [7, 11) is 1.61. The number of methoxy groups -OCH3 is 1. The maximum atomic E-state index is 11.4. The van der Waals surface area contributed by atoms with Crippen LogP contribution in [0.2, 0.25) is 0 Å². The van der Waals surface area contributed by atoms with Crippen LogP contribution < -0.4 is 5.32 Å². The van der Waals surface area contributed by atoms with E-state index in [1.807, 2.05) is 30.3 Å². The van der Waals surface area contributed by atoms with Crippen LogP contribution >= 0.6 is 0 Å². The summed E-state index contributed by atoms with van der Waals surface area (Å²) in [4.78, 5) is 11.4. The molecule has 0 saturated carbocycles. The van der Waals surface area contributed by atoms with Gasteiger partial charge in [0.1, 0.15) is 0 Å². The highest BCUT2D eigenvalue weighted by Crippen LogP contribution is 2.10. The number of ether oxygens (including phenoxy) is 1. The summed E-state index contributed by atoms with van der Waals surface area (Å²) in [6.07, 6.45) is 0.474. The van der Waals surface area contributed by atoms with Crippen molar-refractivity contribution in [2.75, 3.05) is 20.3 Å². The summed E-state index contributed by atoms with van der Waals surface area (Å²) in [6, 6.07) is 9.28. The van der Waals surface area contributed by atoms with Crippen LogP contribution in [0.5, 0.6) is 0 Å². The minimum Gasteiger partial charge on any atom is -0.387 e. The maximum absolute atomic E-state index is 11.4. The highest BCUT2D eigenvalue weighted by Gasteiger charge is 2.08. The number of rotatable bonds is 7. The highest BCUT2D eigenvalue weighted by atomic mass is 16.5. The quantitative estimate of drug-likeness (QED) is 0.702. The Bertz CT molecular complexity index is 327. The molecule has 1 amide bonds. The molecule has 0 saturated heterocycles. The molecule has 0 bridgehead atoms. The monoisotopic (exact) mass is 237 g/mol. The van der Waals surface area contributed by atoms with Crippen molar-refractivity contribution >= 4 is 5.91 Å². The van der Waals surface area contributed by atoms with Crippen molar-refractivity contribution in [1.29, 1.82) is 0 Å². The lowest BCUT2D eigenvalue weighted by Crippen LogP contribution is -2.28. The zero-order chi connectivity index (χ0) is 12.5. The minimum absolute atomic E-state index is 0.0583. The number of carbonyl (C=O) groups excluding carboxylic acids is 1. The molecule has 1 aromatic rings. The fourth-order valence-electron chi connectivity index (χ4n) is 1.47. The summed E-state index contributed by atoms with van der Waals surface area (Å²) in [5.41, 5.74) is 0.810. The molecule has 4 nitrogen and oxygen atoms in total. The third-order valence-electron chi connectivity index (χ3n) is 2.43. The normalized spacial score (nSPS) is 12.1. The van der Waals surface area contributed by atoms with Crippen LogP contribution in [0.1, 0.15) is 24.5 Å². The Morgan fingerprint density at radius 1 is 1.41 bits per heavy atom. The van der Waals surface area contributed by atoms with Gasteiger partial charge in [-0.05, 0) is 12.0 Å². The first-order valence-corrected chi connectivity index (χ1v) is 5.72. The van der Waals surface area contributed by atoms with Crippen molar-refractivity contribution in [2.24, 2.45) is 0 Å². The molecule has 94 valence electrons. The standard InChI is InChI=1S/C13H19NO3/c1-17-9-5-8-13(16)14-10-12(15)11-6-3-2-4-7-11/h2-4,6-7,12,15H,5,8-10H2,1H3,(H,14,16). The lowest BCUT2D eigenvalue weighted by Gasteiger charge is -2.12. The molecule has 1 atom stereocenters.